The molecular formula is C15H18N2O2. The lowest BCUT2D eigenvalue weighted by Crippen LogP contribution is -2.15. The van der Waals surface area contributed by atoms with Gasteiger partial charge >= 0.3 is 0 Å². The molecule has 0 fully saturated rings. The van der Waals surface area contributed by atoms with Gasteiger partial charge in [-0.15, -0.1) is 0 Å². The van der Waals surface area contributed by atoms with E-state index in [1.165, 1.54) is 0 Å². The maximum absolute atomic E-state index is 12.1. The summed E-state index contributed by atoms with van der Waals surface area (Å²) in [5.74, 6) is 0.821. The third-order valence-corrected chi connectivity index (χ3v) is 3.34. The second-order valence-electron chi connectivity index (χ2n) is 4.76. The number of methoxy groups -OCH3 is 1. The Hall–Kier alpha value is -2.10. The van der Waals surface area contributed by atoms with Gasteiger partial charge in [0.1, 0.15) is 11.4 Å². The number of aryl methyl sites for hydroxylation is 4. The standard InChI is InChI=1S/C15H18N2O2/c1-8-7-13(19-5)9(2)6-12(8)14-15(18)17-11(4)10(3)16-14/h6-7H,1-5H3,(H,17,18). The van der Waals surface area contributed by atoms with E-state index in [0.29, 0.717) is 5.69 Å². The molecule has 19 heavy (non-hydrogen) atoms. The summed E-state index contributed by atoms with van der Waals surface area (Å²) in [4.78, 5) is 19.3. The Labute approximate surface area is 112 Å². The van der Waals surface area contributed by atoms with Crippen LogP contribution in [0.5, 0.6) is 5.75 Å². The van der Waals surface area contributed by atoms with Crippen molar-refractivity contribution in [3.8, 4) is 17.0 Å². The molecule has 1 aromatic heterocycles. The van der Waals surface area contributed by atoms with Crippen LogP contribution in [0, 0.1) is 27.7 Å². The highest BCUT2D eigenvalue weighted by molar-refractivity contribution is 5.66. The van der Waals surface area contributed by atoms with Crippen molar-refractivity contribution in [1.29, 1.82) is 0 Å². The maximum atomic E-state index is 12.1. The van der Waals surface area contributed by atoms with E-state index >= 15 is 0 Å². The van der Waals surface area contributed by atoms with Gasteiger partial charge in [0.15, 0.2) is 0 Å². The smallest absolute Gasteiger partial charge is 0.274 e. The Kier molecular flexibility index (Phi) is 3.42. The SMILES string of the molecule is COc1cc(C)c(-c2nc(C)c(C)[nH]c2=O)cc1C. The van der Waals surface area contributed by atoms with Crippen LogP contribution in [0.15, 0.2) is 16.9 Å². The van der Waals surface area contributed by atoms with E-state index in [2.05, 4.69) is 9.97 Å². The molecule has 2 rings (SSSR count). The van der Waals surface area contributed by atoms with Crippen LogP contribution < -0.4 is 10.3 Å². The van der Waals surface area contributed by atoms with E-state index in [0.717, 1.165) is 33.8 Å². The summed E-state index contributed by atoms with van der Waals surface area (Å²) >= 11 is 0. The van der Waals surface area contributed by atoms with Crippen LogP contribution in [-0.4, -0.2) is 17.1 Å². The van der Waals surface area contributed by atoms with Gasteiger partial charge in [0.05, 0.1) is 12.8 Å². The number of nitrogens with zero attached hydrogens (tertiary/aromatic N) is 1. The molecule has 0 bridgehead atoms. The fourth-order valence-corrected chi connectivity index (χ4v) is 2.07. The molecule has 0 atom stereocenters. The zero-order valence-electron chi connectivity index (χ0n) is 11.9. The number of benzene rings is 1. The second-order valence-corrected chi connectivity index (χ2v) is 4.76. The van der Waals surface area contributed by atoms with Crippen LogP contribution >= 0.6 is 0 Å². The van der Waals surface area contributed by atoms with E-state index < -0.39 is 0 Å². The number of H-pyrrole nitrogens is 1. The first-order valence-corrected chi connectivity index (χ1v) is 6.17. The summed E-state index contributed by atoms with van der Waals surface area (Å²) in [6.07, 6.45) is 0. The molecule has 1 aromatic carbocycles. The average Bonchev–Trinajstić information content (AvgIpc) is 2.36. The molecule has 100 valence electrons. The first kappa shape index (κ1) is 13.3. The Balaban J connectivity index is 2.69. The zero-order valence-corrected chi connectivity index (χ0v) is 11.9. The lowest BCUT2D eigenvalue weighted by molar-refractivity contribution is 0.411. The van der Waals surface area contributed by atoms with Gasteiger partial charge in [0.2, 0.25) is 0 Å². The van der Waals surface area contributed by atoms with Crippen molar-refractivity contribution in [2.75, 3.05) is 7.11 Å². The van der Waals surface area contributed by atoms with E-state index in [-0.39, 0.29) is 5.56 Å². The van der Waals surface area contributed by atoms with Crippen molar-refractivity contribution in [2.45, 2.75) is 27.7 Å². The third-order valence-electron chi connectivity index (χ3n) is 3.34. The van der Waals surface area contributed by atoms with Crippen LogP contribution in [0.3, 0.4) is 0 Å². The molecule has 1 heterocycles. The largest absolute Gasteiger partial charge is 0.496 e. The van der Waals surface area contributed by atoms with Crippen LogP contribution in [0.4, 0.5) is 0 Å². The minimum atomic E-state index is -0.157. The van der Waals surface area contributed by atoms with E-state index in [9.17, 15) is 4.79 Å². The molecule has 0 aliphatic heterocycles. The normalized spacial score (nSPS) is 10.6. The van der Waals surface area contributed by atoms with Gasteiger partial charge in [-0.1, -0.05) is 0 Å². The van der Waals surface area contributed by atoms with Crippen molar-refractivity contribution < 1.29 is 4.74 Å². The van der Waals surface area contributed by atoms with Crippen molar-refractivity contribution in [2.24, 2.45) is 0 Å². The summed E-state index contributed by atoms with van der Waals surface area (Å²) in [7, 11) is 1.64. The predicted molar refractivity (Wildman–Crippen MR) is 75.8 cm³/mol. The highest BCUT2D eigenvalue weighted by Crippen LogP contribution is 2.27. The molecule has 0 unspecified atom stereocenters. The van der Waals surface area contributed by atoms with E-state index in [4.69, 9.17) is 4.74 Å². The van der Waals surface area contributed by atoms with Crippen LogP contribution in [-0.2, 0) is 0 Å². The van der Waals surface area contributed by atoms with Gasteiger partial charge in [-0.3, -0.25) is 4.79 Å². The van der Waals surface area contributed by atoms with Gasteiger partial charge in [-0.25, -0.2) is 4.98 Å². The Morgan fingerprint density at radius 3 is 2.42 bits per heavy atom. The zero-order chi connectivity index (χ0) is 14.2. The molecule has 2 aromatic rings. The molecule has 4 nitrogen and oxygen atoms in total. The maximum Gasteiger partial charge on any atom is 0.274 e. The third kappa shape index (κ3) is 2.38. The number of aromatic amines is 1. The first-order valence-electron chi connectivity index (χ1n) is 6.17. The number of rotatable bonds is 2. The van der Waals surface area contributed by atoms with Gasteiger partial charge in [-0.05, 0) is 51.0 Å². The molecule has 1 N–H and O–H groups in total. The minimum Gasteiger partial charge on any atom is -0.496 e. The number of hydrogen-bond donors (Lipinski definition) is 1. The topological polar surface area (TPSA) is 55.0 Å². The number of hydrogen-bond acceptors (Lipinski definition) is 3. The molecule has 0 aliphatic carbocycles. The van der Waals surface area contributed by atoms with Crippen LogP contribution in [0.1, 0.15) is 22.5 Å². The Morgan fingerprint density at radius 1 is 1.11 bits per heavy atom. The van der Waals surface area contributed by atoms with Gasteiger partial charge in [0, 0.05) is 11.3 Å². The van der Waals surface area contributed by atoms with Crippen molar-refractivity contribution in [3.63, 3.8) is 0 Å². The lowest BCUT2D eigenvalue weighted by Gasteiger charge is -2.11. The van der Waals surface area contributed by atoms with Crippen LogP contribution in [0.2, 0.25) is 0 Å². The molecule has 0 aliphatic rings. The molecule has 4 heteroatoms. The molecule has 0 spiro atoms. The fraction of sp³-hybridized carbons (Fsp3) is 0.333. The van der Waals surface area contributed by atoms with Crippen molar-refractivity contribution in [3.05, 3.63) is 45.0 Å². The summed E-state index contributed by atoms with van der Waals surface area (Å²) < 4.78 is 5.28. The lowest BCUT2D eigenvalue weighted by atomic mass is 10.0. The fourth-order valence-electron chi connectivity index (χ4n) is 2.07. The summed E-state index contributed by atoms with van der Waals surface area (Å²) in [5.41, 5.74) is 4.76. The van der Waals surface area contributed by atoms with Gasteiger partial charge in [0.25, 0.3) is 5.56 Å². The highest BCUT2D eigenvalue weighted by Gasteiger charge is 2.12. The minimum absolute atomic E-state index is 0.157. The molecule has 0 saturated carbocycles. The number of nitrogens with one attached hydrogen (secondary N) is 1. The molecule has 0 radical (unpaired) electrons. The Bertz CT molecular complexity index is 687. The number of ether oxygens (including phenoxy) is 1. The number of aromatic nitrogens is 2. The summed E-state index contributed by atoms with van der Waals surface area (Å²) in [6.45, 7) is 7.64. The first-order chi connectivity index (χ1) is 8.93. The monoisotopic (exact) mass is 258 g/mol. The Morgan fingerprint density at radius 2 is 1.79 bits per heavy atom. The van der Waals surface area contributed by atoms with Gasteiger partial charge in [-0.2, -0.15) is 0 Å². The summed E-state index contributed by atoms with van der Waals surface area (Å²) in [6, 6.07) is 3.88. The quantitative estimate of drug-likeness (QED) is 0.901. The second kappa shape index (κ2) is 4.88. The van der Waals surface area contributed by atoms with Crippen molar-refractivity contribution >= 4 is 0 Å². The molecule has 0 saturated heterocycles. The van der Waals surface area contributed by atoms with E-state index in [1.54, 1.807) is 7.11 Å². The molecule has 0 amide bonds. The molecular weight excluding hydrogens is 240 g/mol. The average molecular weight is 258 g/mol. The van der Waals surface area contributed by atoms with Gasteiger partial charge < -0.3 is 9.72 Å². The van der Waals surface area contributed by atoms with Crippen LogP contribution in [0.25, 0.3) is 11.3 Å². The summed E-state index contributed by atoms with van der Waals surface area (Å²) in [5, 5.41) is 0. The van der Waals surface area contributed by atoms with Crippen molar-refractivity contribution in [1.82, 2.24) is 9.97 Å². The predicted octanol–water partition coefficient (Wildman–Crippen LogP) is 2.68. The highest BCUT2D eigenvalue weighted by atomic mass is 16.5. The van der Waals surface area contributed by atoms with E-state index in [1.807, 2.05) is 39.8 Å².